The molecule has 0 aromatic heterocycles. The lowest BCUT2D eigenvalue weighted by atomic mass is 10.1. The van der Waals surface area contributed by atoms with Gasteiger partial charge in [-0.05, 0) is 23.6 Å². The zero-order valence-corrected chi connectivity index (χ0v) is 9.93. The highest BCUT2D eigenvalue weighted by Crippen LogP contribution is 2.10. The quantitative estimate of drug-likeness (QED) is 0.789. The highest BCUT2D eigenvalue weighted by atomic mass is 16.3. The standard InChI is InChI=1S/C16H16O/c1-13-2-4-14(5-3-13)6-7-15-8-10-16(12-17)11-9-15/h2-11,17H,12H2,1H3/b7-6+. The van der Waals surface area contributed by atoms with E-state index < -0.39 is 0 Å². The van der Waals surface area contributed by atoms with Gasteiger partial charge in [-0.3, -0.25) is 0 Å². The second kappa shape index (κ2) is 5.46. The maximum Gasteiger partial charge on any atom is 0.0681 e. The average Bonchev–Trinajstić information content (AvgIpc) is 2.39. The second-order valence-corrected chi connectivity index (χ2v) is 4.14. The number of aliphatic hydroxyl groups excluding tert-OH is 1. The summed E-state index contributed by atoms with van der Waals surface area (Å²) < 4.78 is 0. The van der Waals surface area contributed by atoms with E-state index in [1.807, 2.05) is 24.3 Å². The molecule has 1 heteroatoms. The first-order valence-electron chi connectivity index (χ1n) is 5.72. The van der Waals surface area contributed by atoms with Crippen LogP contribution < -0.4 is 0 Å². The van der Waals surface area contributed by atoms with Crippen molar-refractivity contribution < 1.29 is 5.11 Å². The van der Waals surface area contributed by atoms with Crippen molar-refractivity contribution in [1.82, 2.24) is 0 Å². The molecular formula is C16H16O. The lowest BCUT2D eigenvalue weighted by molar-refractivity contribution is 0.282. The zero-order valence-electron chi connectivity index (χ0n) is 9.93. The molecule has 0 bridgehead atoms. The summed E-state index contributed by atoms with van der Waals surface area (Å²) in [5.41, 5.74) is 4.55. The van der Waals surface area contributed by atoms with Crippen LogP contribution in [0.1, 0.15) is 22.3 Å². The van der Waals surface area contributed by atoms with Crippen molar-refractivity contribution in [3.8, 4) is 0 Å². The van der Waals surface area contributed by atoms with E-state index in [0.717, 1.165) is 11.1 Å². The van der Waals surface area contributed by atoms with Gasteiger partial charge in [0.25, 0.3) is 0 Å². The summed E-state index contributed by atoms with van der Waals surface area (Å²) in [5, 5.41) is 8.94. The summed E-state index contributed by atoms with van der Waals surface area (Å²) in [7, 11) is 0. The molecule has 0 amide bonds. The molecule has 0 heterocycles. The Morgan fingerprint density at radius 3 is 1.76 bits per heavy atom. The summed E-state index contributed by atoms with van der Waals surface area (Å²) in [4.78, 5) is 0. The number of benzene rings is 2. The lowest BCUT2D eigenvalue weighted by Crippen LogP contribution is -1.81. The van der Waals surface area contributed by atoms with Crippen molar-refractivity contribution in [2.75, 3.05) is 0 Å². The molecule has 0 aliphatic rings. The third-order valence-corrected chi connectivity index (χ3v) is 2.71. The molecule has 1 N–H and O–H groups in total. The molecule has 0 radical (unpaired) electrons. The second-order valence-electron chi connectivity index (χ2n) is 4.14. The highest BCUT2D eigenvalue weighted by Gasteiger charge is 1.90. The molecule has 2 aromatic rings. The molecule has 0 aliphatic carbocycles. The molecule has 0 atom stereocenters. The lowest BCUT2D eigenvalue weighted by Gasteiger charge is -1.98. The number of aliphatic hydroxyl groups is 1. The third-order valence-electron chi connectivity index (χ3n) is 2.71. The van der Waals surface area contributed by atoms with Gasteiger partial charge in [-0.1, -0.05) is 66.2 Å². The van der Waals surface area contributed by atoms with Crippen LogP contribution in [0.4, 0.5) is 0 Å². The Kier molecular flexibility index (Phi) is 3.73. The van der Waals surface area contributed by atoms with Crippen LogP contribution in [0, 0.1) is 6.92 Å². The van der Waals surface area contributed by atoms with E-state index in [1.54, 1.807) is 0 Å². The van der Waals surface area contributed by atoms with E-state index >= 15 is 0 Å². The van der Waals surface area contributed by atoms with Crippen molar-refractivity contribution in [3.05, 3.63) is 70.8 Å². The maximum atomic E-state index is 8.94. The van der Waals surface area contributed by atoms with Crippen LogP contribution in [-0.2, 0) is 6.61 Å². The largest absolute Gasteiger partial charge is 0.392 e. The van der Waals surface area contributed by atoms with Crippen LogP contribution >= 0.6 is 0 Å². The molecule has 0 saturated heterocycles. The van der Waals surface area contributed by atoms with Crippen LogP contribution in [0.3, 0.4) is 0 Å². The average molecular weight is 224 g/mol. The van der Waals surface area contributed by atoms with Gasteiger partial charge in [-0.2, -0.15) is 0 Å². The molecule has 0 saturated carbocycles. The Labute approximate surface area is 102 Å². The van der Waals surface area contributed by atoms with Gasteiger partial charge in [-0.25, -0.2) is 0 Å². The van der Waals surface area contributed by atoms with Gasteiger partial charge < -0.3 is 5.11 Å². The first-order chi connectivity index (χ1) is 8.28. The van der Waals surface area contributed by atoms with Crippen molar-refractivity contribution in [2.24, 2.45) is 0 Å². The Hall–Kier alpha value is -1.86. The molecule has 2 aromatic carbocycles. The van der Waals surface area contributed by atoms with Gasteiger partial charge >= 0.3 is 0 Å². The van der Waals surface area contributed by atoms with Crippen molar-refractivity contribution in [3.63, 3.8) is 0 Å². The molecule has 1 nitrogen and oxygen atoms in total. The topological polar surface area (TPSA) is 20.2 Å². The normalized spacial score (nSPS) is 10.9. The number of hydrogen-bond acceptors (Lipinski definition) is 1. The molecule has 2 rings (SSSR count). The van der Waals surface area contributed by atoms with Crippen molar-refractivity contribution in [1.29, 1.82) is 0 Å². The SMILES string of the molecule is Cc1ccc(/C=C/c2ccc(CO)cc2)cc1. The Balaban J connectivity index is 2.11. The smallest absolute Gasteiger partial charge is 0.0681 e. The number of aryl methyl sites for hydroxylation is 1. The van der Waals surface area contributed by atoms with Crippen LogP contribution in [0.5, 0.6) is 0 Å². The van der Waals surface area contributed by atoms with Crippen molar-refractivity contribution >= 4 is 12.2 Å². The van der Waals surface area contributed by atoms with E-state index in [2.05, 4.69) is 43.3 Å². The van der Waals surface area contributed by atoms with Crippen LogP contribution in [0.25, 0.3) is 12.2 Å². The summed E-state index contributed by atoms with van der Waals surface area (Å²) in [6.07, 6.45) is 4.17. The van der Waals surface area contributed by atoms with Crippen LogP contribution in [-0.4, -0.2) is 5.11 Å². The van der Waals surface area contributed by atoms with Gasteiger partial charge in [0.2, 0.25) is 0 Å². The van der Waals surface area contributed by atoms with E-state index in [0.29, 0.717) is 0 Å². The minimum absolute atomic E-state index is 0.0992. The molecule has 0 spiro atoms. The fourth-order valence-corrected chi connectivity index (χ4v) is 1.60. The zero-order chi connectivity index (χ0) is 12.1. The monoisotopic (exact) mass is 224 g/mol. The van der Waals surface area contributed by atoms with E-state index in [9.17, 15) is 0 Å². The Morgan fingerprint density at radius 2 is 1.29 bits per heavy atom. The summed E-state index contributed by atoms with van der Waals surface area (Å²) in [6, 6.07) is 16.3. The van der Waals surface area contributed by atoms with Gasteiger partial charge in [0.1, 0.15) is 0 Å². The van der Waals surface area contributed by atoms with E-state index in [-0.39, 0.29) is 6.61 Å². The molecule has 17 heavy (non-hydrogen) atoms. The first-order valence-corrected chi connectivity index (χ1v) is 5.72. The highest BCUT2D eigenvalue weighted by molar-refractivity contribution is 5.69. The molecule has 0 fully saturated rings. The number of rotatable bonds is 3. The predicted molar refractivity (Wildman–Crippen MR) is 72.5 cm³/mol. The minimum atomic E-state index is 0.0992. The fourth-order valence-electron chi connectivity index (χ4n) is 1.60. The minimum Gasteiger partial charge on any atom is -0.392 e. The van der Waals surface area contributed by atoms with E-state index in [4.69, 9.17) is 5.11 Å². The van der Waals surface area contributed by atoms with Gasteiger partial charge in [-0.15, -0.1) is 0 Å². The van der Waals surface area contributed by atoms with Crippen LogP contribution in [0.15, 0.2) is 48.5 Å². The van der Waals surface area contributed by atoms with Crippen LogP contribution in [0.2, 0.25) is 0 Å². The Bertz CT molecular complexity index is 492. The summed E-state index contributed by atoms with van der Waals surface area (Å²) in [5.74, 6) is 0. The third kappa shape index (κ3) is 3.30. The fraction of sp³-hybridized carbons (Fsp3) is 0.125. The van der Waals surface area contributed by atoms with Gasteiger partial charge in [0, 0.05) is 0 Å². The van der Waals surface area contributed by atoms with Gasteiger partial charge in [0.15, 0.2) is 0 Å². The molecule has 0 aliphatic heterocycles. The molecule has 0 unspecified atom stereocenters. The summed E-state index contributed by atoms with van der Waals surface area (Å²) >= 11 is 0. The first kappa shape index (κ1) is 11.6. The molecular weight excluding hydrogens is 208 g/mol. The van der Waals surface area contributed by atoms with Gasteiger partial charge in [0.05, 0.1) is 6.61 Å². The predicted octanol–water partition coefficient (Wildman–Crippen LogP) is 3.66. The van der Waals surface area contributed by atoms with Crippen molar-refractivity contribution in [2.45, 2.75) is 13.5 Å². The maximum absolute atomic E-state index is 8.94. The van der Waals surface area contributed by atoms with E-state index in [1.165, 1.54) is 11.1 Å². The summed E-state index contributed by atoms with van der Waals surface area (Å²) in [6.45, 7) is 2.18. The number of hydrogen-bond donors (Lipinski definition) is 1. The molecule has 86 valence electrons. The Morgan fingerprint density at radius 1 is 0.824 bits per heavy atom.